The van der Waals surface area contributed by atoms with Gasteiger partial charge in [-0.15, -0.1) is 0 Å². The Morgan fingerprint density at radius 2 is 2.05 bits per heavy atom. The van der Waals surface area contributed by atoms with Gasteiger partial charge in [0.2, 0.25) is 5.43 Å². The summed E-state index contributed by atoms with van der Waals surface area (Å²) in [5.41, 5.74) is -0.0628. The average Bonchev–Trinajstić information content (AvgIpc) is 2.38. The van der Waals surface area contributed by atoms with E-state index in [0.717, 1.165) is 12.3 Å². The zero-order valence-corrected chi connectivity index (χ0v) is 10.4. The van der Waals surface area contributed by atoms with Gasteiger partial charge in [-0.25, -0.2) is 8.42 Å². The zero-order chi connectivity index (χ0) is 13.9. The SMILES string of the molecule is N#Cc1cccc(NS(=O)(=O)c2c[nH]ccc2=O)c1. The second kappa shape index (κ2) is 4.96. The van der Waals surface area contributed by atoms with Crippen molar-refractivity contribution in [1.82, 2.24) is 4.98 Å². The fourth-order valence-electron chi connectivity index (χ4n) is 1.47. The van der Waals surface area contributed by atoms with Crippen molar-refractivity contribution in [1.29, 1.82) is 5.26 Å². The molecule has 1 heterocycles. The first-order valence-corrected chi connectivity index (χ1v) is 6.71. The van der Waals surface area contributed by atoms with E-state index in [2.05, 4.69) is 9.71 Å². The molecule has 0 spiro atoms. The van der Waals surface area contributed by atoms with E-state index < -0.39 is 15.5 Å². The molecule has 0 fully saturated rings. The first-order valence-electron chi connectivity index (χ1n) is 5.23. The summed E-state index contributed by atoms with van der Waals surface area (Å²) in [6, 6.07) is 9.00. The highest BCUT2D eigenvalue weighted by molar-refractivity contribution is 7.92. The molecule has 7 heteroatoms. The van der Waals surface area contributed by atoms with Crippen LogP contribution in [0.4, 0.5) is 5.69 Å². The molecule has 0 aliphatic heterocycles. The van der Waals surface area contributed by atoms with E-state index in [0.29, 0.717) is 5.56 Å². The Balaban J connectivity index is 2.40. The van der Waals surface area contributed by atoms with Crippen LogP contribution < -0.4 is 10.2 Å². The predicted octanol–water partition coefficient (Wildman–Crippen LogP) is 1.05. The van der Waals surface area contributed by atoms with Crippen molar-refractivity contribution in [2.45, 2.75) is 4.90 Å². The van der Waals surface area contributed by atoms with Gasteiger partial charge in [-0.05, 0) is 18.2 Å². The van der Waals surface area contributed by atoms with Gasteiger partial charge in [-0.1, -0.05) is 6.07 Å². The van der Waals surface area contributed by atoms with Crippen LogP contribution in [-0.2, 0) is 10.0 Å². The van der Waals surface area contributed by atoms with Gasteiger partial charge >= 0.3 is 0 Å². The Morgan fingerprint density at radius 3 is 2.74 bits per heavy atom. The maximum atomic E-state index is 12.0. The number of aromatic amines is 1. The zero-order valence-electron chi connectivity index (χ0n) is 9.62. The molecule has 1 aromatic carbocycles. The lowest BCUT2D eigenvalue weighted by atomic mass is 10.2. The van der Waals surface area contributed by atoms with Gasteiger partial charge in [-0.2, -0.15) is 5.26 Å². The van der Waals surface area contributed by atoms with E-state index in [1.54, 1.807) is 12.1 Å². The van der Waals surface area contributed by atoms with Crippen molar-refractivity contribution in [3.8, 4) is 6.07 Å². The van der Waals surface area contributed by atoms with Gasteiger partial charge < -0.3 is 4.98 Å². The molecule has 0 bridgehead atoms. The molecule has 96 valence electrons. The minimum atomic E-state index is -3.97. The molecule has 0 aliphatic rings. The molecular weight excluding hydrogens is 266 g/mol. The fourth-order valence-corrected chi connectivity index (χ4v) is 2.58. The van der Waals surface area contributed by atoms with Gasteiger partial charge in [-0.3, -0.25) is 9.52 Å². The van der Waals surface area contributed by atoms with Crippen molar-refractivity contribution in [3.63, 3.8) is 0 Å². The molecular formula is C12H9N3O3S. The van der Waals surface area contributed by atoms with Crippen LogP contribution in [0.1, 0.15) is 5.56 Å². The number of benzene rings is 1. The molecule has 0 atom stereocenters. The summed E-state index contributed by atoms with van der Waals surface area (Å²) in [7, 11) is -3.97. The van der Waals surface area contributed by atoms with Crippen molar-refractivity contribution < 1.29 is 8.42 Å². The Morgan fingerprint density at radius 1 is 1.26 bits per heavy atom. The highest BCUT2D eigenvalue weighted by atomic mass is 32.2. The Labute approximate surface area is 109 Å². The third-order valence-electron chi connectivity index (χ3n) is 2.32. The van der Waals surface area contributed by atoms with E-state index in [9.17, 15) is 13.2 Å². The number of pyridine rings is 1. The number of aromatic nitrogens is 1. The van der Waals surface area contributed by atoms with Crippen LogP contribution in [-0.4, -0.2) is 13.4 Å². The summed E-state index contributed by atoms with van der Waals surface area (Å²) >= 11 is 0. The summed E-state index contributed by atoms with van der Waals surface area (Å²) in [5, 5.41) is 8.74. The van der Waals surface area contributed by atoms with Crippen LogP contribution in [0.3, 0.4) is 0 Å². The lowest BCUT2D eigenvalue weighted by Gasteiger charge is -2.07. The summed E-state index contributed by atoms with van der Waals surface area (Å²) in [4.78, 5) is 13.7. The number of nitrogens with zero attached hydrogens (tertiary/aromatic N) is 1. The van der Waals surface area contributed by atoms with Gasteiger partial charge in [0, 0.05) is 18.5 Å². The molecule has 0 amide bonds. The van der Waals surface area contributed by atoms with Crippen molar-refractivity contribution in [2.75, 3.05) is 4.72 Å². The molecule has 0 unspecified atom stereocenters. The highest BCUT2D eigenvalue weighted by Crippen LogP contribution is 2.14. The second-order valence-electron chi connectivity index (χ2n) is 3.67. The van der Waals surface area contributed by atoms with Crippen molar-refractivity contribution >= 4 is 15.7 Å². The molecule has 19 heavy (non-hydrogen) atoms. The average molecular weight is 275 g/mol. The third kappa shape index (κ3) is 2.81. The largest absolute Gasteiger partial charge is 0.366 e. The summed E-state index contributed by atoms with van der Waals surface area (Å²) in [5.74, 6) is 0. The quantitative estimate of drug-likeness (QED) is 0.873. The first kappa shape index (κ1) is 12.9. The minimum absolute atomic E-state index is 0.224. The summed E-state index contributed by atoms with van der Waals surface area (Å²) in [6.07, 6.45) is 2.45. The second-order valence-corrected chi connectivity index (χ2v) is 5.32. The molecule has 0 saturated heterocycles. The number of H-pyrrole nitrogens is 1. The maximum Gasteiger partial charge on any atom is 0.267 e. The smallest absolute Gasteiger partial charge is 0.267 e. The highest BCUT2D eigenvalue weighted by Gasteiger charge is 2.17. The van der Waals surface area contributed by atoms with E-state index in [1.165, 1.54) is 18.3 Å². The predicted molar refractivity (Wildman–Crippen MR) is 69.0 cm³/mol. The van der Waals surface area contributed by atoms with Crippen LogP contribution in [0.15, 0.2) is 52.4 Å². The van der Waals surface area contributed by atoms with Crippen LogP contribution in [0.2, 0.25) is 0 Å². The molecule has 2 rings (SSSR count). The monoisotopic (exact) mass is 275 g/mol. The Hall–Kier alpha value is -2.59. The summed E-state index contributed by atoms with van der Waals surface area (Å²) in [6.45, 7) is 0. The van der Waals surface area contributed by atoms with Gasteiger partial charge in [0.15, 0.2) is 4.90 Å². The third-order valence-corrected chi connectivity index (χ3v) is 3.72. The number of nitriles is 1. The molecule has 6 nitrogen and oxygen atoms in total. The van der Waals surface area contributed by atoms with Gasteiger partial charge in [0.1, 0.15) is 0 Å². The normalized spacial score (nSPS) is 10.7. The molecule has 2 N–H and O–H groups in total. The van der Waals surface area contributed by atoms with Gasteiger partial charge in [0.05, 0.1) is 17.3 Å². The molecule has 0 saturated carbocycles. The standard InChI is InChI=1S/C12H9N3O3S/c13-7-9-2-1-3-10(6-9)15-19(17,18)12-8-14-5-4-11(12)16/h1-6,8,15H,(H,14,16). The Kier molecular flexibility index (Phi) is 3.35. The maximum absolute atomic E-state index is 12.0. The van der Waals surface area contributed by atoms with E-state index in [4.69, 9.17) is 5.26 Å². The molecule has 1 aromatic heterocycles. The topological polar surface area (TPSA) is 103 Å². The first-order chi connectivity index (χ1) is 9.03. The van der Waals surface area contributed by atoms with E-state index >= 15 is 0 Å². The van der Waals surface area contributed by atoms with Crippen molar-refractivity contribution in [2.24, 2.45) is 0 Å². The van der Waals surface area contributed by atoms with Crippen LogP contribution in [0.5, 0.6) is 0 Å². The van der Waals surface area contributed by atoms with E-state index in [1.807, 2.05) is 6.07 Å². The van der Waals surface area contributed by atoms with Crippen LogP contribution >= 0.6 is 0 Å². The van der Waals surface area contributed by atoms with E-state index in [-0.39, 0.29) is 10.6 Å². The lowest BCUT2D eigenvalue weighted by molar-refractivity contribution is 0.600. The lowest BCUT2D eigenvalue weighted by Crippen LogP contribution is -2.20. The number of hydrogen-bond donors (Lipinski definition) is 2. The van der Waals surface area contributed by atoms with Crippen molar-refractivity contribution in [3.05, 3.63) is 58.5 Å². The number of hydrogen-bond acceptors (Lipinski definition) is 4. The van der Waals surface area contributed by atoms with Crippen LogP contribution in [0, 0.1) is 11.3 Å². The number of nitrogens with one attached hydrogen (secondary N) is 2. The molecule has 2 aromatic rings. The molecule has 0 radical (unpaired) electrons. The summed E-state index contributed by atoms with van der Waals surface area (Å²) < 4.78 is 26.3. The Bertz CT molecular complexity index is 803. The minimum Gasteiger partial charge on any atom is -0.366 e. The fraction of sp³-hybridized carbons (Fsp3) is 0. The number of anilines is 1. The number of rotatable bonds is 3. The molecule has 0 aliphatic carbocycles. The van der Waals surface area contributed by atoms with Crippen LogP contribution in [0.25, 0.3) is 0 Å². The number of sulfonamides is 1. The van der Waals surface area contributed by atoms with Gasteiger partial charge in [0.25, 0.3) is 10.0 Å².